The van der Waals surface area contributed by atoms with Gasteiger partial charge >= 0.3 is 455 Å². The van der Waals surface area contributed by atoms with E-state index < -0.39 is 18.1 Å². The van der Waals surface area contributed by atoms with Crippen molar-refractivity contribution in [3.63, 3.8) is 0 Å². The first-order chi connectivity index (χ1) is 42.4. The molecule has 0 saturated heterocycles. The minimum atomic E-state index is -4.40. The van der Waals surface area contributed by atoms with Gasteiger partial charge in [-0.1, -0.05) is 99.3 Å². The molecular formula is C81H166O4Ti. The Morgan fingerprint density at radius 3 is 0.395 bits per heavy atom. The Balaban J connectivity index is 6.89. The molecule has 86 heavy (non-hydrogen) atoms. The van der Waals surface area contributed by atoms with Crippen molar-refractivity contribution in [2.45, 2.75) is 523 Å². The molecule has 0 aromatic rings. The fraction of sp³-hybridized carbons (Fsp3) is 1.00. The Labute approximate surface area is 550 Å². The van der Waals surface area contributed by atoms with E-state index in [4.69, 9.17) is 13.3 Å². The fourth-order valence-electron chi connectivity index (χ4n) is 13.5. The van der Waals surface area contributed by atoms with Crippen LogP contribution in [0.4, 0.5) is 0 Å². The Morgan fingerprint density at radius 2 is 0.279 bits per heavy atom. The fourth-order valence-corrected chi connectivity index (χ4v) is 18.0. The molecule has 0 spiro atoms. The molecule has 3 unspecified atom stereocenters. The van der Waals surface area contributed by atoms with E-state index in [1.807, 2.05) is 0 Å². The second kappa shape index (κ2) is 73.0. The van der Waals surface area contributed by atoms with Gasteiger partial charge in [0, 0.05) is 0 Å². The molecule has 0 amide bonds. The first kappa shape index (κ1) is 86.6. The molecule has 0 saturated carbocycles. The molecule has 0 rings (SSSR count). The van der Waals surface area contributed by atoms with E-state index in [9.17, 15) is 0 Å². The zero-order chi connectivity index (χ0) is 62.4. The minimum Gasteiger partial charge on any atom is -0.0654 e. The first-order valence-electron chi connectivity index (χ1n) is 41.1. The third kappa shape index (κ3) is 64.7. The summed E-state index contributed by atoms with van der Waals surface area (Å²) in [6.07, 6.45) is 94.0. The summed E-state index contributed by atoms with van der Waals surface area (Å²) in [7, 11) is 0. The van der Waals surface area contributed by atoms with Crippen molar-refractivity contribution in [1.82, 2.24) is 0 Å². The van der Waals surface area contributed by atoms with E-state index in [0.717, 1.165) is 38.5 Å². The van der Waals surface area contributed by atoms with Gasteiger partial charge in [0.1, 0.15) is 0 Å². The smallest absolute Gasteiger partial charge is 0.0654 e. The molecule has 3 atom stereocenters. The van der Waals surface area contributed by atoms with Crippen molar-refractivity contribution in [3.8, 4) is 0 Å². The molecule has 0 aliphatic carbocycles. The van der Waals surface area contributed by atoms with Gasteiger partial charge < -0.3 is 0 Å². The van der Waals surface area contributed by atoms with Crippen LogP contribution in [0.2, 0.25) is 0 Å². The van der Waals surface area contributed by atoms with Gasteiger partial charge in [-0.15, -0.1) is 0 Å². The number of hydrogen-bond acceptors (Lipinski definition) is 4. The Hall–Kier alpha value is 0.554. The summed E-state index contributed by atoms with van der Waals surface area (Å²) in [6, 6.07) is 0. The second-order valence-corrected chi connectivity index (χ2v) is 31.8. The van der Waals surface area contributed by atoms with Crippen LogP contribution in [0.1, 0.15) is 498 Å². The number of hydrogen-bond donors (Lipinski definition) is 0. The molecule has 0 aromatic heterocycles. The predicted molar refractivity (Wildman–Crippen MR) is 383 cm³/mol. The van der Waals surface area contributed by atoms with Crippen molar-refractivity contribution in [3.05, 3.63) is 0 Å². The van der Waals surface area contributed by atoms with Crippen molar-refractivity contribution < 1.29 is 31.4 Å². The van der Waals surface area contributed by atoms with Crippen molar-refractivity contribution >= 4 is 0 Å². The van der Waals surface area contributed by atoms with Crippen LogP contribution in [0.25, 0.3) is 0 Å². The molecule has 0 aliphatic heterocycles. The summed E-state index contributed by atoms with van der Waals surface area (Å²) >= 11 is -4.40. The summed E-state index contributed by atoms with van der Waals surface area (Å²) in [5.41, 5.74) is 0. The van der Waals surface area contributed by atoms with E-state index in [2.05, 4.69) is 55.4 Å². The van der Waals surface area contributed by atoms with E-state index >= 15 is 0 Å². The molecule has 518 valence electrons. The standard InChI is InChI=1S/3C26H53O.C3H7O.Ti/c3*1-3-5-7-9-11-13-15-17-19-21-23-25-26(27)24-22-20-18-16-14-12-10-8-6-4-2;1-3(2)4;/h3*26H,3-25H2,1-2H3;3H,1-2H3;/q4*-1;+4. The maximum absolute atomic E-state index is 7.92. The van der Waals surface area contributed by atoms with Gasteiger partial charge in [0.25, 0.3) is 0 Å². The topological polar surface area (TPSA) is 36.9 Å². The third-order valence-electron chi connectivity index (χ3n) is 19.3. The summed E-state index contributed by atoms with van der Waals surface area (Å²) in [5.74, 6) is 0. The molecule has 0 heterocycles. The van der Waals surface area contributed by atoms with Crippen LogP contribution in [0.3, 0.4) is 0 Å². The maximum atomic E-state index is 7.92. The van der Waals surface area contributed by atoms with Crippen LogP contribution >= 0.6 is 0 Å². The Bertz CT molecular complexity index is 1080. The quantitative estimate of drug-likeness (QED) is 0.0449. The van der Waals surface area contributed by atoms with Crippen molar-refractivity contribution in [1.29, 1.82) is 0 Å². The first-order valence-corrected chi connectivity index (χ1v) is 43.7. The van der Waals surface area contributed by atoms with Gasteiger partial charge in [0.15, 0.2) is 0 Å². The summed E-state index contributed by atoms with van der Waals surface area (Å²) < 4.78 is 31.2. The van der Waals surface area contributed by atoms with Crippen LogP contribution in [-0.2, 0) is 31.4 Å². The van der Waals surface area contributed by atoms with Crippen LogP contribution in [0, 0.1) is 0 Å². The van der Waals surface area contributed by atoms with Gasteiger partial charge in [0.2, 0.25) is 0 Å². The zero-order valence-electron chi connectivity index (χ0n) is 61.2. The average Bonchev–Trinajstić information content (AvgIpc) is 2.25. The molecule has 5 heteroatoms. The van der Waals surface area contributed by atoms with E-state index in [-0.39, 0.29) is 24.4 Å². The van der Waals surface area contributed by atoms with Gasteiger partial charge in [-0.25, -0.2) is 0 Å². The number of unbranched alkanes of at least 4 members (excludes halogenated alkanes) is 57. The molecule has 0 radical (unpaired) electrons. The molecule has 0 aromatic carbocycles. The summed E-state index contributed by atoms with van der Waals surface area (Å²) in [5, 5.41) is 0. The molecule has 0 fully saturated rings. The van der Waals surface area contributed by atoms with E-state index in [1.165, 1.54) is 405 Å². The second-order valence-electron chi connectivity index (χ2n) is 28.8. The predicted octanol–water partition coefficient (Wildman–Crippen LogP) is 30.4. The van der Waals surface area contributed by atoms with Crippen LogP contribution in [-0.4, -0.2) is 24.4 Å². The van der Waals surface area contributed by atoms with Crippen molar-refractivity contribution in [2.24, 2.45) is 0 Å². The van der Waals surface area contributed by atoms with Gasteiger partial charge in [-0.05, 0) is 0 Å². The van der Waals surface area contributed by atoms with E-state index in [1.54, 1.807) is 0 Å². The molecular weight excluding hydrogens is 1080 g/mol. The SMILES string of the molecule is CCCCCCCCCCCCCC(CCCCCCCCCCCC)[O][Ti]([O]C(C)C)([O]C(CCCCCCCCCCCC)CCCCCCCCCCCCC)[O]C(CCCCCCCCCCCC)CCCCCCCCCCCCC. The van der Waals surface area contributed by atoms with Crippen LogP contribution < -0.4 is 0 Å². The Kier molecular flexibility index (Phi) is 73.4. The van der Waals surface area contributed by atoms with Crippen LogP contribution in [0.15, 0.2) is 0 Å². The monoisotopic (exact) mass is 1250 g/mol. The zero-order valence-corrected chi connectivity index (χ0v) is 62.8. The van der Waals surface area contributed by atoms with Crippen molar-refractivity contribution in [2.75, 3.05) is 0 Å². The summed E-state index contributed by atoms with van der Waals surface area (Å²) in [4.78, 5) is 0. The van der Waals surface area contributed by atoms with Crippen LogP contribution in [0.5, 0.6) is 0 Å². The van der Waals surface area contributed by atoms with Gasteiger partial charge in [0.05, 0.1) is 0 Å². The van der Waals surface area contributed by atoms with Gasteiger partial charge in [-0.3, -0.25) is 0 Å². The Morgan fingerprint density at radius 1 is 0.163 bits per heavy atom. The third-order valence-corrected chi connectivity index (χ3v) is 23.4. The average molecular weight is 1250 g/mol. The normalized spacial score (nSPS) is 13.8. The molecule has 4 nitrogen and oxygen atoms in total. The molecule has 0 N–H and O–H groups in total. The summed E-state index contributed by atoms with van der Waals surface area (Å²) in [6.45, 7) is 18.5. The van der Waals surface area contributed by atoms with E-state index in [0.29, 0.717) is 0 Å². The minimum absolute atomic E-state index is 0.00912. The molecule has 0 aliphatic rings. The number of rotatable bonds is 77. The van der Waals surface area contributed by atoms with Gasteiger partial charge in [-0.2, -0.15) is 0 Å². The molecule has 0 bridgehead atoms.